The highest BCUT2D eigenvalue weighted by atomic mass is 35.5. The van der Waals surface area contributed by atoms with Crippen molar-refractivity contribution in [1.82, 2.24) is 5.32 Å². The van der Waals surface area contributed by atoms with Crippen LogP contribution in [-0.4, -0.2) is 19.7 Å². The lowest BCUT2D eigenvalue weighted by Gasteiger charge is -2.12. The Morgan fingerprint density at radius 2 is 1.96 bits per heavy atom. The number of amides is 2. The summed E-state index contributed by atoms with van der Waals surface area (Å²) < 4.78 is 43.1. The molecule has 0 unspecified atom stereocenters. The Hall–Kier alpha value is -2.41. The van der Waals surface area contributed by atoms with Gasteiger partial charge in [-0.1, -0.05) is 29.8 Å². The van der Waals surface area contributed by atoms with E-state index in [1.165, 1.54) is 19.2 Å². The fourth-order valence-corrected chi connectivity index (χ4v) is 2.34. The lowest BCUT2D eigenvalue weighted by Crippen LogP contribution is -2.30. The number of anilines is 1. The quantitative estimate of drug-likeness (QED) is 0.797. The Labute approximate surface area is 147 Å². The van der Waals surface area contributed by atoms with Crippen molar-refractivity contribution in [3.63, 3.8) is 0 Å². The Morgan fingerprint density at radius 3 is 2.64 bits per heavy atom. The van der Waals surface area contributed by atoms with Crippen molar-refractivity contribution in [2.24, 2.45) is 0 Å². The summed E-state index contributed by atoms with van der Waals surface area (Å²) in [5.41, 5.74) is 0.167. The predicted molar refractivity (Wildman–Crippen MR) is 90.2 cm³/mol. The van der Waals surface area contributed by atoms with E-state index in [-0.39, 0.29) is 13.0 Å². The number of urea groups is 1. The van der Waals surface area contributed by atoms with Crippen LogP contribution in [0.4, 0.5) is 23.7 Å². The number of rotatable bonds is 5. The van der Waals surface area contributed by atoms with Crippen LogP contribution in [0.1, 0.15) is 11.1 Å². The lowest BCUT2D eigenvalue weighted by atomic mass is 10.1. The van der Waals surface area contributed by atoms with Crippen molar-refractivity contribution in [3.05, 3.63) is 58.6 Å². The number of carbonyl (C=O) groups excluding carboxylic acids is 1. The van der Waals surface area contributed by atoms with Gasteiger partial charge in [0, 0.05) is 11.6 Å². The lowest BCUT2D eigenvalue weighted by molar-refractivity contribution is -0.137. The molecular weight excluding hydrogens is 357 g/mol. The van der Waals surface area contributed by atoms with Gasteiger partial charge in [0.1, 0.15) is 5.75 Å². The van der Waals surface area contributed by atoms with E-state index in [1.807, 2.05) is 0 Å². The molecule has 0 aliphatic rings. The molecule has 0 fully saturated rings. The predicted octanol–water partition coefficient (Wildman–Crippen LogP) is 4.73. The van der Waals surface area contributed by atoms with Gasteiger partial charge in [-0.15, -0.1) is 0 Å². The van der Waals surface area contributed by atoms with Crippen LogP contribution in [0.5, 0.6) is 5.75 Å². The van der Waals surface area contributed by atoms with Crippen LogP contribution in [0.2, 0.25) is 5.02 Å². The van der Waals surface area contributed by atoms with Gasteiger partial charge in [0.2, 0.25) is 0 Å². The average molecular weight is 373 g/mol. The topological polar surface area (TPSA) is 50.4 Å². The van der Waals surface area contributed by atoms with Crippen LogP contribution < -0.4 is 15.4 Å². The van der Waals surface area contributed by atoms with Crippen molar-refractivity contribution in [2.75, 3.05) is 19.0 Å². The maximum atomic E-state index is 12.7. The molecule has 2 aromatic carbocycles. The van der Waals surface area contributed by atoms with Crippen molar-refractivity contribution >= 4 is 23.3 Å². The number of benzene rings is 2. The average Bonchev–Trinajstić information content (AvgIpc) is 2.54. The fraction of sp³-hybridized carbons (Fsp3) is 0.235. The second-order valence-electron chi connectivity index (χ2n) is 5.17. The second-order valence-corrected chi connectivity index (χ2v) is 5.61. The number of alkyl halides is 3. The van der Waals surface area contributed by atoms with Crippen molar-refractivity contribution < 1.29 is 22.7 Å². The van der Waals surface area contributed by atoms with Crippen LogP contribution in [0.15, 0.2) is 42.5 Å². The van der Waals surface area contributed by atoms with Crippen LogP contribution in [0.25, 0.3) is 0 Å². The van der Waals surface area contributed by atoms with Gasteiger partial charge in [-0.3, -0.25) is 0 Å². The molecule has 0 aliphatic heterocycles. The van der Waals surface area contributed by atoms with Crippen LogP contribution in [-0.2, 0) is 12.6 Å². The summed E-state index contributed by atoms with van der Waals surface area (Å²) in [5.74, 6) is 0.442. The molecule has 4 nitrogen and oxygen atoms in total. The molecule has 0 aliphatic carbocycles. The number of ether oxygens (including phenoxy) is 1. The molecule has 0 saturated carbocycles. The third-order valence-corrected chi connectivity index (χ3v) is 3.60. The normalized spacial score (nSPS) is 11.1. The number of nitrogens with one attached hydrogen (secondary N) is 2. The number of carbonyl (C=O) groups is 1. The van der Waals surface area contributed by atoms with Crippen molar-refractivity contribution in [1.29, 1.82) is 0 Å². The van der Waals surface area contributed by atoms with E-state index in [4.69, 9.17) is 16.3 Å². The van der Waals surface area contributed by atoms with E-state index < -0.39 is 17.8 Å². The molecule has 25 heavy (non-hydrogen) atoms. The van der Waals surface area contributed by atoms with Gasteiger partial charge in [-0.25, -0.2) is 4.79 Å². The third kappa shape index (κ3) is 5.56. The Bertz CT molecular complexity index is 751. The monoisotopic (exact) mass is 372 g/mol. The van der Waals surface area contributed by atoms with E-state index >= 15 is 0 Å². The summed E-state index contributed by atoms with van der Waals surface area (Å²) in [6, 6.07) is 9.26. The molecule has 0 saturated heterocycles. The molecule has 2 aromatic rings. The van der Waals surface area contributed by atoms with Crippen LogP contribution >= 0.6 is 11.6 Å². The van der Waals surface area contributed by atoms with Gasteiger partial charge in [0.05, 0.1) is 18.4 Å². The Morgan fingerprint density at radius 1 is 1.20 bits per heavy atom. The van der Waals surface area contributed by atoms with E-state index in [0.717, 1.165) is 12.1 Å². The zero-order valence-corrected chi connectivity index (χ0v) is 14.0. The van der Waals surface area contributed by atoms with Crippen LogP contribution in [0, 0.1) is 0 Å². The first-order chi connectivity index (χ1) is 11.8. The zero-order valence-electron chi connectivity index (χ0n) is 13.3. The zero-order chi connectivity index (χ0) is 18.4. The molecule has 0 heterocycles. The van der Waals surface area contributed by atoms with Crippen LogP contribution in [0.3, 0.4) is 0 Å². The summed E-state index contributed by atoms with van der Waals surface area (Å²) in [6.45, 7) is 0.177. The summed E-state index contributed by atoms with van der Waals surface area (Å²) in [4.78, 5) is 11.9. The first-order valence-electron chi connectivity index (χ1n) is 7.34. The Kier molecular flexibility index (Phi) is 6.14. The highest BCUT2D eigenvalue weighted by Crippen LogP contribution is 2.29. The third-order valence-electron chi connectivity index (χ3n) is 3.36. The van der Waals surface area contributed by atoms with E-state index in [0.29, 0.717) is 22.0 Å². The molecule has 0 spiro atoms. The van der Waals surface area contributed by atoms with Crippen molar-refractivity contribution in [3.8, 4) is 5.75 Å². The fourth-order valence-electron chi connectivity index (χ4n) is 2.17. The number of hydrogen-bond donors (Lipinski definition) is 2. The molecule has 134 valence electrons. The largest absolute Gasteiger partial charge is 0.495 e. The van der Waals surface area contributed by atoms with Gasteiger partial charge in [0.25, 0.3) is 0 Å². The van der Waals surface area contributed by atoms with Gasteiger partial charge in [-0.05, 0) is 36.2 Å². The van der Waals surface area contributed by atoms with E-state index in [2.05, 4.69) is 10.6 Å². The maximum absolute atomic E-state index is 12.7. The first kappa shape index (κ1) is 18.9. The Balaban J connectivity index is 1.90. The van der Waals surface area contributed by atoms with E-state index in [1.54, 1.807) is 18.2 Å². The molecule has 8 heteroatoms. The minimum absolute atomic E-state index is 0.177. The molecule has 2 N–H and O–H groups in total. The van der Waals surface area contributed by atoms with Gasteiger partial charge < -0.3 is 15.4 Å². The second kappa shape index (κ2) is 8.11. The van der Waals surface area contributed by atoms with Gasteiger partial charge in [0.15, 0.2) is 0 Å². The summed E-state index contributed by atoms with van der Waals surface area (Å²) in [5, 5.41) is 5.59. The summed E-state index contributed by atoms with van der Waals surface area (Å²) >= 11 is 5.87. The number of hydrogen-bond acceptors (Lipinski definition) is 2. The van der Waals surface area contributed by atoms with E-state index in [9.17, 15) is 18.0 Å². The maximum Gasteiger partial charge on any atom is 0.416 e. The minimum atomic E-state index is -4.38. The molecule has 0 radical (unpaired) electrons. The highest BCUT2D eigenvalue weighted by Gasteiger charge is 2.30. The molecule has 0 atom stereocenters. The number of methoxy groups -OCH3 is 1. The first-order valence-corrected chi connectivity index (χ1v) is 7.72. The standard InChI is InChI=1S/C17H16ClF3N2O2/c1-25-15-6-5-13(18)10-14(15)23-16(24)22-8-7-11-3-2-4-12(9-11)17(19,20)21/h2-6,9-10H,7-8H2,1H3,(H2,22,23,24). The van der Waals surface area contributed by atoms with Gasteiger partial charge >= 0.3 is 12.2 Å². The summed E-state index contributed by atoms with van der Waals surface area (Å²) in [6.07, 6.45) is -4.12. The summed E-state index contributed by atoms with van der Waals surface area (Å²) in [7, 11) is 1.46. The minimum Gasteiger partial charge on any atom is -0.495 e. The highest BCUT2D eigenvalue weighted by molar-refractivity contribution is 6.31. The molecule has 2 amide bonds. The van der Waals surface area contributed by atoms with Gasteiger partial charge in [-0.2, -0.15) is 13.2 Å². The molecular formula is C17H16ClF3N2O2. The SMILES string of the molecule is COc1ccc(Cl)cc1NC(=O)NCCc1cccc(C(F)(F)F)c1. The smallest absolute Gasteiger partial charge is 0.416 e. The molecule has 2 rings (SSSR count). The molecule has 0 aromatic heterocycles. The van der Waals surface area contributed by atoms with Crippen molar-refractivity contribution in [2.45, 2.75) is 12.6 Å². The number of halogens is 4. The molecule has 0 bridgehead atoms.